The van der Waals surface area contributed by atoms with Crippen LogP contribution >= 0.6 is 0 Å². The van der Waals surface area contributed by atoms with Crippen LogP contribution in [0.3, 0.4) is 0 Å². The molecule has 0 aromatic rings. The topological polar surface area (TPSA) is 78.4 Å². The smallest absolute Gasteiger partial charge is 0.314 e. The number of nitrogens with one attached hydrogen (secondary N) is 2. The Morgan fingerprint density at radius 1 is 1.25 bits per heavy atom. The number of rotatable bonds is 7. The minimum absolute atomic E-state index is 0.0851. The maximum atomic E-state index is 11.3. The molecule has 0 aliphatic heterocycles. The zero-order valence-electron chi connectivity index (χ0n) is 10.2. The van der Waals surface area contributed by atoms with E-state index in [2.05, 4.69) is 24.5 Å². The Kier molecular flexibility index (Phi) is 7.33. The Hall–Kier alpha value is -1.26. The second kappa shape index (κ2) is 7.96. The number of hydrogen-bond acceptors (Lipinski definition) is 2. The van der Waals surface area contributed by atoms with Gasteiger partial charge < -0.3 is 15.7 Å². The Labute approximate surface area is 96.6 Å². The van der Waals surface area contributed by atoms with Crippen molar-refractivity contribution in [2.45, 2.75) is 46.1 Å². The standard InChI is InChI=1S/C11H22N2O3/c1-8(2)7-9(3)13-11(16)12-6-4-5-10(14)15/h8-9H,4-7H2,1-3H3,(H,14,15)(H2,12,13,16). The van der Waals surface area contributed by atoms with Gasteiger partial charge in [0.1, 0.15) is 0 Å². The van der Waals surface area contributed by atoms with E-state index in [1.807, 2.05) is 6.92 Å². The van der Waals surface area contributed by atoms with Gasteiger partial charge in [0.15, 0.2) is 0 Å². The van der Waals surface area contributed by atoms with E-state index in [4.69, 9.17) is 5.11 Å². The fraction of sp³-hybridized carbons (Fsp3) is 0.818. The van der Waals surface area contributed by atoms with Crippen LogP contribution in [0.4, 0.5) is 4.79 Å². The molecule has 2 amide bonds. The van der Waals surface area contributed by atoms with E-state index in [0.29, 0.717) is 18.9 Å². The molecule has 0 radical (unpaired) electrons. The summed E-state index contributed by atoms with van der Waals surface area (Å²) in [7, 11) is 0. The number of carboxylic acid groups (broad SMARTS) is 1. The molecule has 0 saturated heterocycles. The molecule has 0 bridgehead atoms. The van der Waals surface area contributed by atoms with Gasteiger partial charge in [-0.05, 0) is 25.7 Å². The van der Waals surface area contributed by atoms with Gasteiger partial charge in [0, 0.05) is 19.0 Å². The van der Waals surface area contributed by atoms with E-state index in [1.54, 1.807) is 0 Å². The predicted octanol–water partition coefficient (Wildman–Crippen LogP) is 1.58. The molecule has 0 aromatic heterocycles. The highest BCUT2D eigenvalue weighted by Crippen LogP contribution is 2.03. The van der Waals surface area contributed by atoms with Crippen molar-refractivity contribution < 1.29 is 14.7 Å². The third-order valence-electron chi connectivity index (χ3n) is 2.06. The first-order chi connectivity index (χ1) is 7.41. The van der Waals surface area contributed by atoms with Crippen LogP contribution in [0.5, 0.6) is 0 Å². The summed E-state index contributed by atoms with van der Waals surface area (Å²) in [6.45, 7) is 6.55. The summed E-state index contributed by atoms with van der Waals surface area (Å²) >= 11 is 0. The molecule has 5 heteroatoms. The van der Waals surface area contributed by atoms with Gasteiger partial charge in [-0.3, -0.25) is 4.79 Å². The number of carbonyl (C=O) groups is 2. The van der Waals surface area contributed by atoms with Crippen molar-refractivity contribution >= 4 is 12.0 Å². The number of urea groups is 1. The van der Waals surface area contributed by atoms with Crippen LogP contribution in [-0.4, -0.2) is 29.7 Å². The highest BCUT2D eigenvalue weighted by molar-refractivity contribution is 5.74. The van der Waals surface area contributed by atoms with E-state index in [-0.39, 0.29) is 18.5 Å². The van der Waals surface area contributed by atoms with Gasteiger partial charge in [0.25, 0.3) is 0 Å². The zero-order valence-corrected chi connectivity index (χ0v) is 10.2. The van der Waals surface area contributed by atoms with Gasteiger partial charge in [0.05, 0.1) is 0 Å². The third kappa shape index (κ3) is 9.30. The van der Waals surface area contributed by atoms with Gasteiger partial charge >= 0.3 is 12.0 Å². The Morgan fingerprint density at radius 3 is 2.38 bits per heavy atom. The van der Waals surface area contributed by atoms with Gasteiger partial charge in [0.2, 0.25) is 0 Å². The van der Waals surface area contributed by atoms with Crippen molar-refractivity contribution in [2.75, 3.05) is 6.54 Å². The number of carboxylic acids is 1. The van der Waals surface area contributed by atoms with E-state index in [0.717, 1.165) is 6.42 Å². The van der Waals surface area contributed by atoms with Crippen LogP contribution in [0.2, 0.25) is 0 Å². The fourth-order valence-corrected chi connectivity index (χ4v) is 1.48. The summed E-state index contributed by atoms with van der Waals surface area (Å²) in [6.07, 6.45) is 1.48. The van der Waals surface area contributed by atoms with Gasteiger partial charge in [-0.15, -0.1) is 0 Å². The average Bonchev–Trinajstić information content (AvgIpc) is 2.10. The summed E-state index contributed by atoms with van der Waals surface area (Å²) in [5.41, 5.74) is 0. The van der Waals surface area contributed by atoms with Crippen molar-refractivity contribution in [3.63, 3.8) is 0 Å². The number of aliphatic carboxylic acids is 1. The molecular weight excluding hydrogens is 208 g/mol. The summed E-state index contributed by atoms with van der Waals surface area (Å²) in [4.78, 5) is 21.5. The Bertz CT molecular complexity index is 229. The summed E-state index contributed by atoms with van der Waals surface area (Å²) < 4.78 is 0. The number of hydrogen-bond donors (Lipinski definition) is 3. The molecule has 0 aromatic carbocycles. The van der Waals surface area contributed by atoms with E-state index >= 15 is 0 Å². The summed E-state index contributed by atoms with van der Waals surface area (Å²) in [5.74, 6) is -0.294. The molecule has 0 rings (SSSR count). The first kappa shape index (κ1) is 14.7. The highest BCUT2D eigenvalue weighted by atomic mass is 16.4. The second-order valence-corrected chi connectivity index (χ2v) is 4.43. The Balaban J connectivity index is 3.54. The molecule has 1 unspecified atom stereocenters. The molecule has 0 saturated carbocycles. The van der Waals surface area contributed by atoms with Crippen molar-refractivity contribution in [3.8, 4) is 0 Å². The Morgan fingerprint density at radius 2 is 1.88 bits per heavy atom. The van der Waals surface area contributed by atoms with Crippen LogP contribution in [0.15, 0.2) is 0 Å². The van der Waals surface area contributed by atoms with Crippen molar-refractivity contribution in [2.24, 2.45) is 5.92 Å². The van der Waals surface area contributed by atoms with Crippen LogP contribution in [0.25, 0.3) is 0 Å². The van der Waals surface area contributed by atoms with Crippen LogP contribution in [-0.2, 0) is 4.79 Å². The van der Waals surface area contributed by atoms with Gasteiger partial charge in [-0.1, -0.05) is 13.8 Å². The molecule has 0 heterocycles. The molecule has 5 nitrogen and oxygen atoms in total. The minimum atomic E-state index is -0.838. The van der Waals surface area contributed by atoms with Crippen LogP contribution < -0.4 is 10.6 Å². The van der Waals surface area contributed by atoms with E-state index in [9.17, 15) is 9.59 Å². The monoisotopic (exact) mass is 230 g/mol. The summed E-state index contributed by atoms with van der Waals surface area (Å²) in [5, 5.41) is 13.8. The lowest BCUT2D eigenvalue weighted by Gasteiger charge is -2.16. The second-order valence-electron chi connectivity index (χ2n) is 4.43. The lowest BCUT2D eigenvalue weighted by atomic mass is 10.1. The van der Waals surface area contributed by atoms with Crippen molar-refractivity contribution in [3.05, 3.63) is 0 Å². The largest absolute Gasteiger partial charge is 0.481 e. The number of carbonyl (C=O) groups excluding carboxylic acids is 1. The van der Waals surface area contributed by atoms with Crippen LogP contribution in [0, 0.1) is 5.92 Å². The molecular formula is C11H22N2O3. The first-order valence-electron chi connectivity index (χ1n) is 5.68. The average molecular weight is 230 g/mol. The van der Waals surface area contributed by atoms with Gasteiger partial charge in [-0.25, -0.2) is 4.79 Å². The molecule has 0 aliphatic carbocycles. The summed E-state index contributed by atoms with van der Waals surface area (Å²) in [6, 6.07) is -0.0852. The molecule has 94 valence electrons. The lowest BCUT2D eigenvalue weighted by Crippen LogP contribution is -2.41. The van der Waals surface area contributed by atoms with E-state index < -0.39 is 5.97 Å². The maximum absolute atomic E-state index is 11.3. The predicted molar refractivity (Wildman–Crippen MR) is 62.3 cm³/mol. The molecule has 0 spiro atoms. The fourth-order valence-electron chi connectivity index (χ4n) is 1.48. The molecule has 0 aliphatic rings. The first-order valence-corrected chi connectivity index (χ1v) is 5.68. The SMILES string of the molecule is CC(C)CC(C)NC(=O)NCCCC(=O)O. The highest BCUT2D eigenvalue weighted by Gasteiger charge is 2.08. The molecule has 3 N–H and O–H groups in total. The van der Waals surface area contributed by atoms with Crippen molar-refractivity contribution in [1.82, 2.24) is 10.6 Å². The van der Waals surface area contributed by atoms with E-state index in [1.165, 1.54) is 0 Å². The van der Waals surface area contributed by atoms with Crippen molar-refractivity contribution in [1.29, 1.82) is 0 Å². The van der Waals surface area contributed by atoms with Gasteiger partial charge in [-0.2, -0.15) is 0 Å². The van der Waals surface area contributed by atoms with Crippen LogP contribution in [0.1, 0.15) is 40.0 Å². The molecule has 0 fully saturated rings. The zero-order chi connectivity index (χ0) is 12.6. The third-order valence-corrected chi connectivity index (χ3v) is 2.06. The molecule has 1 atom stereocenters. The lowest BCUT2D eigenvalue weighted by molar-refractivity contribution is -0.137. The maximum Gasteiger partial charge on any atom is 0.314 e. The minimum Gasteiger partial charge on any atom is -0.481 e. The normalized spacial score (nSPS) is 12.2. The molecule has 16 heavy (non-hydrogen) atoms. The number of amides is 2. The quantitative estimate of drug-likeness (QED) is 0.581.